The first-order valence-electron chi connectivity index (χ1n) is 7.51. The van der Waals surface area contributed by atoms with Crippen LogP contribution in [0.5, 0.6) is 0 Å². The Hall–Kier alpha value is -2.59. The number of rotatable bonds is 3. The van der Waals surface area contributed by atoms with E-state index in [-0.39, 0.29) is 0 Å². The van der Waals surface area contributed by atoms with Crippen LogP contribution >= 0.6 is 11.3 Å². The topological polar surface area (TPSA) is 31.9 Å². The van der Waals surface area contributed by atoms with Gasteiger partial charge in [0.1, 0.15) is 5.65 Å². The highest BCUT2D eigenvalue weighted by Crippen LogP contribution is 2.33. The zero-order valence-electron chi connectivity index (χ0n) is 13.1. The maximum atomic E-state index is 4.58. The second-order valence-corrected chi connectivity index (χ2v) is 6.69. The predicted molar refractivity (Wildman–Crippen MR) is 99.2 cm³/mol. The van der Waals surface area contributed by atoms with Crippen LogP contribution in [0.3, 0.4) is 0 Å². The average molecular weight is 319 g/mol. The summed E-state index contributed by atoms with van der Waals surface area (Å²) < 4.78 is 0. The summed E-state index contributed by atoms with van der Waals surface area (Å²) >= 11 is 1.75. The fraction of sp³-hybridized carbons (Fsp3) is 0.105. The maximum Gasteiger partial charge on any atom is 0.137 e. The molecule has 3 nitrogen and oxygen atoms in total. The van der Waals surface area contributed by atoms with E-state index in [0.29, 0.717) is 0 Å². The van der Waals surface area contributed by atoms with Gasteiger partial charge in [0.05, 0.1) is 0 Å². The lowest BCUT2D eigenvalue weighted by molar-refractivity contribution is 1.13. The highest BCUT2D eigenvalue weighted by atomic mass is 32.1. The summed E-state index contributed by atoms with van der Waals surface area (Å²) in [6, 6.07) is 15.0. The van der Waals surface area contributed by atoms with E-state index in [4.69, 9.17) is 0 Å². The largest absolute Gasteiger partial charge is 0.378 e. The van der Waals surface area contributed by atoms with Gasteiger partial charge in [-0.1, -0.05) is 18.2 Å². The molecule has 0 bridgehead atoms. The number of nitrogens with zero attached hydrogens (tertiary/aromatic N) is 2. The van der Waals surface area contributed by atoms with Gasteiger partial charge in [-0.15, -0.1) is 11.3 Å². The number of fused-ring (bicyclic) bond motifs is 1. The van der Waals surface area contributed by atoms with E-state index < -0.39 is 0 Å². The van der Waals surface area contributed by atoms with E-state index in [1.165, 1.54) is 27.1 Å². The Morgan fingerprint density at radius 3 is 2.57 bits per heavy atom. The lowest BCUT2D eigenvalue weighted by Crippen LogP contribution is -2.07. The molecule has 0 amide bonds. The molecule has 0 aliphatic carbocycles. The molecule has 0 unspecified atom stereocenters. The number of pyridine rings is 1. The van der Waals surface area contributed by atoms with Crippen molar-refractivity contribution in [2.75, 3.05) is 19.0 Å². The van der Waals surface area contributed by atoms with Gasteiger partial charge in [0.2, 0.25) is 0 Å². The smallest absolute Gasteiger partial charge is 0.137 e. The highest BCUT2D eigenvalue weighted by Gasteiger charge is 2.09. The van der Waals surface area contributed by atoms with Crippen molar-refractivity contribution in [1.82, 2.24) is 9.97 Å². The molecule has 0 aliphatic heterocycles. The number of H-pyrrole nitrogens is 1. The molecule has 1 N–H and O–H groups in total. The minimum atomic E-state index is 0.932. The first-order valence-corrected chi connectivity index (χ1v) is 8.39. The third-order valence-electron chi connectivity index (χ3n) is 4.03. The first kappa shape index (κ1) is 14.0. The van der Waals surface area contributed by atoms with Gasteiger partial charge in [-0.25, -0.2) is 4.98 Å². The molecular formula is C19H17N3S. The SMILES string of the molecule is CN(C)c1ccc(-c2cnc3[nH]cc(-c4cccs4)c3c2)cc1. The van der Waals surface area contributed by atoms with E-state index in [1.807, 2.05) is 12.4 Å². The molecular weight excluding hydrogens is 302 g/mol. The Morgan fingerprint density at radius 1 is 1.04 bits per heavy atom. The van der Waals surface area contributed by atoms with Gasteiger partial charge >= 0.3 is 0 Å². The number of anilines is 1. The number of nitrogens with one attached hydrogen (secondary N) is 1. The summed E-state index contributed by atoms with van der Waals surface area (Å²) in [6.45, 7) is 0. The van der Waals surface area contributed by atoms with Gasteiger partial charge in [-0.3, -0.25) is 0 Å². The normalized spacial score (nSPS) is 11.0. The Labute approximate surface area is 139 Å². The number of aromatic amines is 1. The third-order valence-corrected chi connectivity index (χ3v) is 4.94. The molecule has 0 saturated heterocycles. The molecule has 0 spiro atoms. The zero-order valence-corrected chi connectivity index (χ0v) is 13.9. The molecule has 0 aliphatic rings. The molecule has 0 radical (unpaired) electrons. The van der Waals surface area contributed by atoms with Gasteiger partial charge in [0.25, 0.3) is 0 Å². The van der Waals surface area contributed by atoms with Gasteiger partial charge in [-0.05, 0) is 35.2 Å². The maximum absolute atomic E-state index is 4.58. The minimum Gasteiger partial charge on any atom is -0.378 e. The van der Waals surface area contributed by atoms with Crippen LogP contribution in [0.2, 0.25) is 0 Å². The summed E-state index contributed by atoms with van der Waals surface area (Å²) in [7, 11) is 4.10. The second kappa shape index (κ2) is 5.56. The molecule has 4 rings (SSSR count). The fourth-order valence-electron chi connectivity index (χ4n) is 2.75. The van der Waals surface area contributed by atoms with Crippen molar-refractivity contribution in [3.05, 3.63) is 60.2 Å². The lowest BCUT2D eigenvalue weighted by atomic mass is 10.0. The van der Waals surface area contributed by atoms with E-state index in [0.717, 1.165) is 11.2 Å². The molecule has 4 aromatic rings. The van der Waals surface area contributed by atoms with Gasteiger partial charge in [0, 0.05) is 53.6 Å². The third kappa shape index (κ3) is 2.51. The monoisotopic (exact) mass is 319 g/mol. The van der Waals surface area contributed by atoms with E-state index in [2.05, 4.69) is 76.8 Å². The number of benzene rings is 1. The number of hydrogen-bond donors (Lipinski definition) is 1. The molecule has 3 aromatic heterocycles. The molecule has 23 heavy (non-hydrogen) atoms. The fourth-order valence-corrected chi connectivity index (χ4v) is 3.51. The van der Waals surface area contributed by atoms with Crippen molar-refractivity contribution in [2.45, 2.75) is 0 Å². The van der Waals surface area contributed by atoms with E-state index in [9.17, 15) is 0 Å². The van der Waals surface area contributed by atoms with Gasteiger partial charge < -0.3 is 9.88 Å². The van der Waals surface area contributed by atoms with Crippen LogP contribution in [-0.2, 0) is 0 Å². The Morgan fingerprint density at radius 2 is 1.87 bits per heavy atom. The zero-order chi connectivity index (χ0) is 15.8. The van der Waals surface area contributed by atoms with Gasteiger partial charge in [0.15, 0.2) is 0 Å². The minimum absolute atomic E-state index is 0.932. The molecule has 0 atom stereocenters. The van der Waals surface area contributed by atoms with Crippen LogP contribution in [-0.4, -0.2) is 24.1 Å². The van der Waals surface area contributed by atoms with Crippen molar-refractivity contribution in [2.24, 2.45) is 0 Å². The second-order valence-electron chi connectivity index (χ2n) is 5.74. The standard InChI is InChI=1S/C19H17N3S/c1-22(2)15-7-5-13(6-8-15)14-10-16-17(18-4-3-9-23-18)12-21-19(16)20-11-14/h3-12H,1-2H3,(H,20,21). The van der Waals surface area contributed by atoms with Crippen LogP contribution in [0.25, 0.3) is 32.6 Å². The van der Waals surface area contributed by atoms with Crippen LogP contribution in [0.1, 0.15) is 0 Å². The molecule has 4 heteroatoms. The number of thiophene rings is 1. The van der Waals surface area contributed by atoms with E-state index in [1.54, 1.807) is 11.3 Å². The highest BCUT2D eigenvalue weighted by molar-refractivity contribution is 7.13. The molecule has 0 fully saturated rings. The van der Waals surface area contributed by atoms with Crippen LogP contribution in [0, 0.1) is 0 Å². The Kier molecular flexibility index (Phi) is 3.39. The lowest BCUT2D eigenvalue weighted by Gasteiger charge is -2.12. The summed E-state index contributed by atoms with van der Waals surface area (Å²) in [5.74, 6) is 0. The average Bonchev–Trinajstić information content (AvgIpc) is 3.23. The number of hydrogen-bond acceptors (Lipinski definition) is 3. The summed E-state index contributed by atoms with van der Waals surface area (Å²) in [5.41, 5.74) is 5.67. The predicted octanol–water partition coefficient (Wildman–Crippen LogP) is 5.02. The number of aromatic nitrogens is 2. The summed E-state index contributed by atoms with van der Waals surface area (Å²) in [6.07, 6.45) is 3.98. The Balaban J connectivity index is 1.80. The molecule has 3 heterocycles. The van der Waals surface area contributed by atoms with Crippen molar-refractivity contribution < 1.29 is 0 Å². The van der Waals surface area contributed by atoms with Crippen LogP contribution in [0.4, 0.5) is 5.69 Å². The van der Waals surface area contributed by atoms with Crippen LogP contribution in [0.15, 0.2) is 60.2 Å². The van der Waals surface area contributed by atoms with Crippen LogP contribution < -0.4 is 4.90 Å². The Bertz CT molecular complexity index is 935. The van der Waals surface area contributed by atoms with Gasteiger partial charge in [-0.2, -0.15) is 0 Å². The van der Waals surface area contributed by atoms with Crippen molar-refractivity contribution in [3.63, 3.8) is 0 Å². The van der Waals surface area contributed by atoms with E-state index >= 15 is 0 Å². The first-order chi connectivity index (χ1) is 11.2. The van der Waals surface area contributed by atoms with Crippen molar-refractivity contribution >= 4 is 28.1 Å². The molecule has 114 valence electrons. The summed E-state index contributed by atoms with van der Waals surface area (Å²) in [4.78, 5) is 11.2. The molecule has 0 saturated carbocycles. The molecule has 1 aromatic carbocycles. The quantitative estimate of drug-likeness (QED) is 0.574. The summed E-state index contributed by atoms with van der Waals surface area (Å²) in [5, 5.41) is 3.27. The van der Waals surface area contributed by atoms with Crippen molar-refractivity contribution in [1.29, 1.82) is 0 Å². The van der Waals surface area contributed by atoms with Crippen molar-refractivity contribution in [3.8, 4) is 21.6 Å².